The van der Waals surface area contributed by atoms with Crippen LogP contribution in [0.25, 0.3) is 22.2 Å². The van der Waals surface area contributed by atoms with Crippen molar-refractivity contribution in [1.82, 2.24) is 15.0 Å². The third-order valence-electron chi connectivity index (χ3n) is 5.88. The molecule has 30 heavy (non-hydrogen) atoms. The second-order valence-corrected chi connectivity index (χ2v) is 7.87. The maximum absolute atomic E-state index is 4.99. The van der Waals surface area contributed by atoms with Crippen molar-refractivity contribution in [3.8, 4) is 11.3 Å². The van der Waals surface area contributed by atoms with Crippen LogP contribution in [0.3, 0.4) is 0 Å². The molecule has 0 saturated carbocycles. The van der Waals surface area contributed by atoms with Crippen molar-refractivity contribution in [2.45, 2.75) is 13.8 Å². The van der Waals surface area contributed by atoms with Gasteiger partial charge in [-0.2, -0.15) is 0 Å². The zero-order valence-electron chi connectivity index (χ0n) is 17.4. The van der Waals surface area contributed by atoms with Gasteiger partial charge in [-0.1, -0.05) is 48.5 Å². The topological polar surface area (TPSA) is 45.2 Å². The molecular formula is C25H25N5. The number of nitrogens with zero attached hydrogens (tertiary/aromatic N) is 5. The number of fused-ring (bicyclic) bond motifs is 1. The molecule has 5 nitrogen and oxygen atoms in total. The van der Waals surface area contributed by atoms with Gasteiger partial charge in [0, 0.05) is 43.2 Å². The Morgan fingerprint density at radius 1 is 0.700 bits per heavy atom. The molecule has 0 spiro atoms. The van der Waals surface area contributed by atoms with Crippen LogP contribution in [0.1, 0.15) is 11.1 Å². The van der Waals surface area contributed by atoms with Crippen LogP contribution in [0, 0.1) is 13.8 Å². The van der Waals surface area contributed by atoms with Crippen LogP contribution >= 0.6 is 0 Å². The average molecular weight is 396 g/mol. The normalized spacial score (nSPS) is 14.3. The molecule has 3 heterocycles. The fourth-order valence-corrected chi connectivity index (χ4v) is 4.16. The molecule has 2 aromatic carbocycles. The summed E-state index contributed by atoms with van der Waals surface area (Å²) in [6, 6.07) is 21.0. The van der Waals surface area contributed by atoms with E-state index in [4.69, 9.17) is 4.98 Å². The van der Waals surface area contributed by atoms with Gasteiger partial charge in [-0.25, -0.2) is 15.0 Å². The number of para-hydroxylation sites is 1. The van der Waals surface area contributed by atoms with Crippen molar-refractivity contribution >= 4 is 22.5 Å². The lowest BCUT2D eigenvalue weighted by atomic mass is 10.1. The van der Waals surface area contributed by atoms with Gasteiger partial charge < -0.3 is 9.80 Å². The van der Waals surface area contributed by atoms with E-state index in [0.29, 0.717) is 0 Å². The predicted molar refractivity (Wildman–Crippen MR) is 123 cm³/mol. The molecule has 0 amide bonds. The second-order valence-electron chi connectivity index (χ2n) is 7.87. The number of aryl methyl sites for hydroxylation is 2. The van der Waals surface area contributed by atoms with Crippen LogP contribution in [0.5, 0.6) is 0 Å². The molecule has 150 valence electrons. The van der Waals surface area contributed by atoms with Crippen molar-refractivity contribution in [2.24, 2.45) is 0 Å². The monoisotopic (exact) mass is 395 g/mol. The Labute approximate surface area is 177 Å². The zero-order valence-corrected chi connectivity index (χ0v) is 17.4. The van der Waals surface area contributed by atoms with Gasteiger partial charge in [0.25, 0.3) is 0 Å². The molecule has 1 aliphatic rings. The number of hydrogen-bond acceptors (Lipinski definition) is 5. The SMILES string of the molecule is Cc1cc(N2CCN(c3cc(-c4ccccc4)ncn3)CC2)nc2c(C)cccc12. The van der Waals surface area contributed by atoms with Crippen LogP contribution in [0.15, 0.2) is 67.0 Å². The molecule has 4 aromatic rings. The van der Waals surface area contributed by atoms with Crippen molar-refractivity contribution in [1.29, 1.82) is 0 Å². The Morgan fingerprint density at radius 3 is 2.20 bits per heavy atom. The maximum Gasteiger partial charge on any atom is 0.132 e. The lowest BCUT2D eigenvalue weighted by Crippen LogP contribution is -2.47. The third kappa shape index (κ3) is 3.47. The summed E-state index contributed by atoms with van der Waals surface area (Å²) >= 11 is 0. The van der Waals surface area contributed by atoms with E-state index in [1.807, 2.05) is 18.2 Å². The quantitative estimate of drug-likeness (QED) is 0.506. The van der Waals surface area contributed by atoms with E-state index < -0.39 is 0 Å². The van der Waals surface area contributed by atoms with E-state index in [2.05, 4.69) is 76.1 Å². The first-order valence-corrected chi connectivity index (χ1v) is 10.4. The van der Waals surface area contributed by atoms with Gasteiger partial charge in [0.2, 0.25) is 0 Å². The molecule has 0 aliphatic carbocycles. The molecule has 0 radical (unpaired) electrons. The summed E-state index contributed by atoms with van der Waals surface area (Å²) in [7, 11) is 0. The fraction of sp³-hybridized carbons (Fsp3) is 0.240. The predicted octanol–water partition coefficient (Wildman–Crippen LogP) is 4.64. The number of aromatic nitrogens is 3. The summed E-state index contributed by atoms with van der Waals surface area (Å²) in [5.41, 5.74) is 5.70. The van der Waals surface area contributed by atoms with Crippen LogP contribution in [0.4, 0.5) is 11.6 Å². The number of rotatable bonds is 3. The Balaban J connectivity index is 1.35. The van der Waals surface area contributed by atoms with Gasteiger partial charge in [-0.15, -0.1) is 0 Å². The van der Waals surface area contributed by atoms with Crippen molar-refractivity contribution < 1.29 is 0 Å². The minimum absolute atomic E-state index is 0.914. The standard InChI is InChI=1S/C25H25N5/c1-18-7-6-10-21-19(2)15-24(28-25(18)21)30-13-11-29(12-14-30)23-16-22(26-17-27-23)20-8-4-3-5-9-20/h3-10,15-17H,11-14H2,1-2H3. The minimum atomic E-state index is 0.914. The summed E-state index contributed by atoms with van der Waals surface area (Å²) in [5.74, 6) is 2.06. The Kier molecular flexibility index (Phi) is 4.79. The highest BCUT2D eigenvalue weighted by molar-refractivity contribution is 5.86. The van der Waals surface area contributed by atoms with Gasteiger partial charge in [-0.3, -0.25) is 0 Å². The van der Waals surface area contributed by atoms with E-state index in [1.54, 1.807) is 6.33 Å². The first-order valence-electron chi connectivity index (χ1n) is 10.4. The summed E-state index contributed by atoms with van der Waals surface area (Å²) in [4.78, 5) is 18.7. The number of anilines is 2. The lowest BCUT2D eigenvalue weighted by Gasteiger charge is -2.36. The first-order chi connectivity index (χ1) is 14.7. The molecule has 1 fully saturated rings. The number of hydrogen-bond donors (Lipinski definition) is 0. The van der Waals surface area contributed by atoms with E-state index in [1.165, 1.54) is 16.5 Å². The maximum atomic E-state index is 4.99. The molecule has 1 aliphatic heterocycles. The van der Waals surface area contributed by atoms with E-state index in [9.17, 15) is 0 Å². The average Bonchev–Trinajstić information content (AvgIpc) is 2.80. The van der Waals surface area contributed by atoms with Crippen LogP contribution in [-0.2, 0) is 0 Å². The zero-order chi connectivity index (χ0) is 20.5. The highest BCUT2D eigenvalue weighted by atomic mass is 15.3. The molecule has 0 unspecified atom stereocenters. The smallest absolute Gasteiger partial charge is 0.132 e. The molecule has 5 rings (SSSR count). The number of benzene rings is 2. The Hall–Kier alpha value is -3.47. The molecule has 0 atom stereocenters. The molecule has 0 bridgehead atoms. The van der Waals surface area contributed by atoms with Crippen LogP contribution in [-0.4, -0.2) is 41.1 Å². The summed E-state index contributed by atoms with van der Waals surface area (Å²) < 4.78 is 0. The van der Waals surface area contributed by atoms with Gasteiger partial charge >= 0.3 is 0 Å². The fourth-order valence-electron chi connectivity index (χ4n) is 4.16. The Bertz CT molecular complexity index is 1180. The summed E-state index contributed by atoms with van der Waals surface area (Å²) in [5, 5.41) is 1.24. The van der Waals surface area contributed by atoms with Gasteiger partial charge in [0.1, 0.15) is 18.0 Å². The summed E-state index contributed by atoms with van der Waals surface area (Å²) in [6.07, 6.45) is 1.67. The van der Waals surface area contributed by atoms with Crippen LogP contribution in [0.2, 0.25) is 0 Å². The molecule has 2 aromatic heterocycles. The Morgan fingerprint density at radius 2 is 1.43 bits per heavy atom. The van der Waals surface area contributed by atoms with Crippen molar-refractivity contribution in [3.63, 3.8) is 0 Å². The third-order valence-corrected chi connectivity index (χ3v) is 5.88. The molecule has 1 saturated heterocycles. The number of pyridine rings is 1. The van der Waals surface area contributed by atoms with Crippen molar-refractivity contribution in [2.75, 3.05) is 36.0 Å². The van der Waals surface area contributed by atoms with Gasteiger partial charge in [-0.05, 0) is 31.0 Å². The van der Waals surface area contributed by atoms with Gasteiger partial charge in [0.15, 0.2) is 0 Å². The van der Waals surface area contributed by atoms with Gasteiger partial charge in [0.05, 0.1) is 11.2 Å². The van der Waals surface area contributed by atoms with E-state index in [0.717, 1.165) is 54.6 Å². The molecule has 5 heteroatoms. The van der Waals surface area contributed by atoms with Crippen LogP contribution < -0.4 is 9.80 Å². The largest absolute Gasteiger partial charge is 0.353 e. The van der Waals surface area contributed by atoms with Crippen molar-refractivity contribution in [3.05, 3.63) is 78.1 Å². The molecular weight excluding hydrogens is 370 g/mol. The van der Waals surface area contributed by atoms with E-state index >= 15 is 0 Å². The first kappa shape index (κ1) is 18.6. The number of piperazine rings is 1. The second kappa shape index (κ2) is 7.75. The van der Waals surface area contributed by atoms with E-state index in [-0.39, 0.29) is 0 Å². The minimum Gasteiger partial charge on any atom is -0.353 e. The highest BCUT2D eigenvalue weighted by Crippen LogP contribution is 2.26. The highest BCUT2D eigenvalue weighted by Gasteiger charge is 2.20. The summed E-state index contributed by atoms with van der Waals surface area (Å²) in [6.45, 7) is 7.99. The lowest BCUT2D eigenvalue weighted by molar-refractivity contribution is 0.642. The molecule has 0 N–H and O–H groups in total.